The molecule has 2 aromatic rings. The van der Waals surface area contributed by atoms with Crippen molar-refractivity contribution < 1.29 is 0 Å². The summed E-state index contributed by atoms with van der Waals surface area (Å²) in [6.07, 6.45) is 2.47. The van der Waals surface area contributed by atoms with Crippen LogP contribution in [-0.2, 0) is 11.8 Å². The maximum atomic E-state index is 4.36. The van der Waals surface area contributed by atoms with Crippen LogP contribution in [0.15, 0.2) is 55.1 Å². The monoisotopic (exact) mass is 434 g/mol. The third-order valence-electron chi connectivity index (χ3n) is 7.02. The van der Waals surface area contributed by atoms with Crippen LogP contribution in [0.5, 0.6) is 0 Å². The summed E-state index contributed by atoms with van der Waals surface area (Å²) in [5, 5.41) is 0. The summed E-state index contributed by atoms with van der Waals surface area (Å²) >= 11 is 0. The molecule has 0 atom stereocenters. The molecule has 2 aromatic carbocycles. The Labute approximate surface area is 192 Å². The predicted molar refractivity (Wildman–Crippen MR) is 139 cm³/mol. The van der Waals surface area contributed by atoms with Crippen LogP contribution in [0.2, 0.25) is 19.1 Å². The predicted octanol–water partition coefficient (Wildman–Crippen LogP) is 6.43. The maximum Gasteiger partial charge on any atom is 0.122 e. The van der Waals surface area contributed by atoms with E-state index in [1.165, 1.54) is 67.3 Å². The van der Waals surface area contributed by atoms with Crippen molar-refractivity contribution in [2.75, 3.05) is 33.2 Å². The lowest BCUT2D eigenvalue weighted by Gasteiger charge is -2.42. The Kier molecular flexibility index (Phi) is 7.62. The quantitative estimate of drug-likeness (QED) is 0.463. The fourth-order valence-electron chi connectivity index (χ4n) is 4.51. The Bertz CT molecular complexity index is 851. The molecule has 31 heavy (non-hydrogen) atoms. The van der Waals surface area contributed by atoms with Crippen molar-refractivity contribution >= 4 is 13.8 Å². The minimum Gasteiger partial charge on any atom is -0.321 e. The van der Waals surface area contributed by atoms with Gasteiger partial charge in [-0.25, -0.2) is 0 Å². The molecule has 0 aliphatic carbocycles. The fourth-order valence-corrected chi connectivity index (χ4v) is 7.27. The zero-order chi connectivity index (χ0) is 22.6. The summed E-state index contributed by atoms with van der Waals surface area (Å²) in [5.41, 5.74) is 6.53. The highest BCUT2D eigenvalue weighted by atomic mass is 28.3. The van der Waals surface area contributed by atoms with Gasteiger partial charge in [0, 0.05) is 26.2 Å². The van der Waals surface area contributed by atoms with Crippen LogP contribution in [0, 0.1) is 0 Å². The van der Waals surface area contributed by atoms with E-state index in [0.29, 0.717) is 0 Å². The topological polar surface area (TPSA) is 6.48 Å². The molecule has 0 unspecified atom stereocenters. The zero-order valence-electron chi connectivity index (χ0n) is 20.7. The van der Waals surface area contributed by atoms with Gasteiger partial charge in [0.2, 0.25) is 0 Å². The number of hydrogen-bond acceptors (Lipinski definition) is 2. The lowest BCUT2D eigenvalue weighted by atomic mass is 9.86. The standard InChI is InChI=1S/C28H42N2Si/c1-23(26-14-16-27(17-15-26)28(2,3)4)25-12-10-24(11-13-25)9-8-22-31(6,7)30-20-18-29(5)19-21-30/h10-17H,1,8-9,18-22H2,2-7H3. The molecule has 0 radical (unpaired) electrons. The molecule has 0 saturated carbocycles. The summed E-state index contributed by atoms with van der Waals surface area (Å²) in [4.78, 5) is 2.45. The average molecular weight is 435 g/mol. The fraction of sp³-hybridized carbons (Fsp3) is 0.500. The van der Waals surface area contributed by atoms with E-state index >= 15 is 0 Å². The molecule has 2 nitrogen and oxygen atoms in total. The van der Waals surface area contributed by atoms with Gasteiger partial charge >= 0.3 is 0 Å². The summed E-state index contributed by atoms with van der Waals surface area (Å²) in [6.45, 7) is 21.2. The molecule has 1 saturated heterocycles. The van der Waals surface area contributed by atoms with E-state index in [2.05, 4.69) is 105 Å². The summed E-state index contributed by atoms with van der Waals surface area (Å²) in [5.74, 6) is 0. The highest BCUT2D eigenvalue weighted by Gasteiger charge is 2.30. The number of nitrogens with zero attached hydrogens (tertiary/aromatic N) is 2. The molecule has 3 rings (SSSR count). The van der Waals surface area contributed by atoms with Crippen LogP contribution in [-0.4, -0.2) is 50.9 Å². The Morgan fingerprint density at radius 2 is 1.39 bits per heavy atom. The van der Waals surface area contributed by atoms with Gasteiger partial charge in [-0.1, -0.05) is 95.4 Å². The minimum absolute atomic E-state index is 0.184. The molecule has 0 aromatic heterocycles. The van der Waals surface area contributed by atoms with Crippen LogP contribution >= 0.6 is 0 Å². The van der Waals surface area contributed by atoms with Gasteiger partial charge < -0.3 is 9.47 Å². The molecular formula is C28H42N2Si. The molecule has 3 heteroatoms. The van der Waals surface area contributed by atoms with Crippen molar-refractivity contribution in [2.45, 2.75) is 58.2 Å². The first-order valence-electron chi connectivity index (χ1n) is 11.9. The molecule has 0 N–H and O–H groups in total. The van der Waals surface area contributed by atoms with Crippen molar-refractivity contribution in [3.8, 4) is 0 Å². The van der Waals surface area contributed by atoms with E-state index in [1.54, 1.807) is 0 Å². The van der Waals surface area contributed by atoms with Gasteiger partial charge in [0.1, 0.15) is 8.24 Å². The minimum atomic E-state index is -1.28. The van der Waals surface area contributed by atoms with E-state index in [0.717, 1.165) is 5.57 Å². The van der Waals surface area contributed by atoms with Gasteiger partial charge in [0.25, 0.3) is 0 Å². The molecular weight excluding hydrogens is 392 g/mol. The van der Waals surface area contributed by atoms with Gasteiger partial charge in [-0.3, -0.25) is 0 Å². The smallest absolute Gasteiger partial charge is 0.122 e. The van der Waals surface area contributed by atoms with E-state index in [9.17, 15) is 0 Å². The second-order valence-corrected chi connectivity index (χ2v) is 15.7. The Balaban J connectivity index is 1.53. The van der Waals surface area contributed by atoms with Crippen LogP contribution in [0.1, 0.15) is 49.4 Å². The van der Waals surface area contributed by atoms with E-state index in [-0.39, 0.29) is 5.41 Å². The molecule has 1 fully saturated rings. The molecule has 0 bridgehead atoms. The Hall–Kier alpha value is -1.68. The number of likely N-dealkylation sites (N-methyl/N-ethyl adjacent to an activating group) is 1. The first kappa shape index (κ1) is 24.0. The van der Waals surface area contributed by atoms with Crippen molar-refractivity contribution in [1.82, 2.24) is 9.47 Å². The number of piperazine rings is 1. The third-order valence-corrected chi connectivity index (χ3v) is 10.8. The first-order valence-corrected chi connectivity index (χ1v) is 15.0. The molecule has 1 heterocycles. The largest absolute Gasteiger partial charge is 0.321 e. The van der Waals surface area contributed by atoms with Gasteiger partial charge in [0.05, 0.1) is 0 Å². The Morgan fingerprint density at radius 3 is 1.90 bits per heavy atom. The zero-order valence-corrected chi connectivity index (χ0v) is 21.7. The van der Waals surface area contributed by atoms with Gasteiger partial charge in [-0.15, -0.1) is 0 Å². The van der Waals surface area contributed by atoms with Crippen LogP contribution < -0.4 is 0 Å². The number of benzene rings is 2. The van der Waals surface area contributed by atoms with E-state index < -0.39 is 8.24 Å². The van der Waals surface area contributed by atoms with Crippen molar-refractivity contribution in [3.63, 3.8) is 0 Å². The van der Waals surface area contributed by atoms with E-state index in [4.69, 9.17) is 0 Å². The highest BCUT2D eigenvalue weighted by Crippen LogP contribution is 2.27. The molecule has 1 aliphatic rings. The normalized spacial score (nSPS) is 16.5. The van der Waals surface area contributed by atoms with Crippen LogP contribution in [0.25, 0.3) is 5.57 Å². The highest BCUT2D eigenvalue weighted by molar-refractivity contribution is 6.74. The molecule has 0 amide bonds. The average Bonchev–Trinajstić information content (AvgIpc) is 2.73. The van der Waals surface area contributed by atoms with Crippen molar-refractivity contribution in [3.05, 3.63) is 77.4 Å². The lowest BCUT2D eigenvalue weighted by molar-refractivity contribution is 0.216. The summed E-state index contributed by atoms with van der Waals surface area (Å²) < 4.78 is 2.81. The number of rotatable bonds is 7. The van der Waals surface area contributed by atoms with Crippen molar-refractivity contribution in [2.24, 2.45) is 0 Å². The second-order valence-electron chi connectivity index (χ2n) is 11.0. The third kappa shape index (κ3) is 6.41. The second kappa shape index (κ2) is 9.85. The molecule has 1 aliphatic heterocycles. The summed E-state index contributed by atoms with van der Waals surface area (Å²) in [7, 11) is 0.957. The van der Waals surface area contributed by atoms with Gasteiger partial charge in [-0.05, 0) is 52.8 Å². The van der Waals surface area contributed by atoms with Crippen LogP contribution in [0.4, 0.5) is 0 Å². The Morgan fingerprint density at radius 1 is 0.871 bits per heavy atom. The number of hydrogen-bond donors (Lipinski definition) is 0. The first-order chi connectivity index (χ1) is 14.6. The van der Waals surface area contributed by atoms with Gasteiger partial charge in [0.15, 0.2) is 0 Å². The molecule has 168 valence electrons. The lowest BCUT2D eigenvalue weighted by Crippen LogP contribution is -2.56. The molecule has 0 spiro atoms. The maximum absolute atomic E-state index is 4.36. The van der Waals surface area contributed by atoms with E-state index in [1.807, 2.05) is 0 Å². The van der Waals surface area contributed by atoms with Gasteiger partial charge in [-0.2, -0.15) is 0 Å². The number of aryl methyl sites for hydroxylation is 1. The summed E-state index contributed by atoms with van der Waals surface area (Å²) in [6, 6.07) is 19.4. The van der Waals surface area contributed by atoms with Crippen LogP contribution in [0.3, 0.4) is 0 Å². The van der Waals surface area contributed by atoms with Crippen molar-refractivity contribution in [1.29, 1.82) is 0 Å². The SMILES string of the molecule is C=C(c1ccc(CCC[Si](C)(C)N2CCN(C)CC2)cc1)c1ccc(C(C)(C)C)cc1.